The van der Waals surface area contributed by atoms with Crippen LogP contribution in [-0.4, -0.2) is 39.5 Å². The first kappa shape index (κ1) is 18.5. The van der Waals surface area contributed by atoms with Crippen LogP contribution in [0.4, 0.5) is 0 Å². The summed E-state index contributed by atoms with van der Waals surface area (Å²) in [6, 6.07) is 8.51. The number of hydrogen-bond acceptors (Lipinski definition) is 3. The molecule has 1 saturated heterocycles. The Balaban J connectivity index is 1.32. The van der Waals surface area contributed by atoms with Gasteiger partial charge < -0.3 is 9.88 Å². The van der Waals surface area contributed by atoms with E-state index in [1.54, 1.807) is 6.20 Å². The van der Waals surface area contributed by atoms with E-state index >= 15 is 0 Å². The molecule has 2 aliphatic rings. The number of likely N-dealkylation sites (tertiary alicyclic amines) is 1. The van der Waals surface area contributed by atoms with Crippen LogP contribution in [0.3, 0.4) is 0 Å². The second-order valence-electron chi connectivity index (χ2n) is 7.83. The van der Waals surface area contributed by atoms with Gasteiger partial charge in [0.2, 0.25) is 5.91 Å². The van der Waals surface area contributed by atoms with Gasteiger partial charge in [-0.05, 0) is 68.8 Å². The van der Waals surface area contributed by atoms with Gasteiger partial charge >= 0.3 is 0 Å². The molecule has 0 aromatic carbocycles. The number of halogens is 1. The van der Waals surface area contributed by atoms with Crippen molar-refractivity contribution in [2.45, 2.75) is 51.1 Å². The standard InChI is InChI=1S/C21H27ClN4O/c22-17-6-9-20(23-13-17)26-12-2-4-19(26)15-25-11-1-3-16(14-25)5-10-21(27)24-18-7-8-18/h2,4,6,9,12-13,16,18H,1,3,5,7-8,10-11,14-15H2,(H,24,27)/t16-/m0/s1. The first-order valence-electron chi connectivity index (χ1n) is 9.97. The molecule has 144 valence electrons. The molecular formula is C21H27ClN4O. The topological polar surface area (TPSA) is 50.2 Å². The van der Waals surface area contributed by atoms with E-state index in [0.717, 1.165) is 44.7 Å². The van der Waals surface area contributed by atoms with Crippen LogP contribution in [0.15, 0.2) is 36.7 Å². The molecule has 5 nitrogen and oxygen atoms in total. The summed E-state index contributed by atoms with van der Waals surface area (Å²) in [5, 5.41) is 3.75. The Labute approximate surface area is 165 Å². The first-order chi connectivity index (χ1) is 13.2. The lowest BCUT2D eigenvalue weighted by molar-refractivity contribution is -0.121. The highest BCUT2D eigenvalue weighted by Gasteiger charge is 2.25. The minimum Gasteiger partial charge on any atom is -0.353 e. The predicted molar refractivity (Wildman–Crippen MR) is 107 cm³/mol. The smallest absolute Gasteiger partial charge is 0.220 e. The molecule has 1 amide bonds. The van der Waals surface area contributed by atoms with Crippen molar-refractivity contribution in [2.75, 3.05) is 13.1 Å². The average Bonchev–Trinajstić information content (AvgIpc) is 3.37. The fourth-order valence-corrected chi connectivity index (χ4v) is 4.01. The van der Waals surface area contributed by atoms with Gasteiger partial charge in [0.25, 0.3) is 0 Å². The summed E-state index contributed by atoms with van der Waals surface area (Å²) in [5.74, 6) is 1.74. The molecule has 1 N–H and O–H groups in total. The fourth-order valence-electron chi connectivity index (χ4n) is 3.90. The molecule has 2 aromatic heterocycles. The van der Waals surface area contributed by atoms with Crippen molar-refractivity contribution in [1.29, 1.82) is 0 Å². The summed E-state index contributed by atoms with van der Waals surface area (Å²) in [6.07, 6.45) is 10.1. The van der Waals surface area contributed by atoms with E-state index in [9.17, 15) is 4.79 Å². The second-order valence-corrected chi connectivity index (χ2v) is 8.26. The van der Waals surface area contributed by atoms with Crippen molar-refractivity contribution in [2.24, 2.45) is 5.92 Å². The van der Waals surface area contributed by atoms with Gasteiger partial charge in [0.15, 0.2) is 0 Å². The van der Waals surface area contributed by atoms with Crippen molar-refractivity contribution in [3.8, 4) is 5.82 Å². The molecule has 1 atom stereocenters. The normalized spacial score (nSPS) is 20.6. The minimum absolute atomic E-state index is 0.234. The molecule has 2 aromatic rings. The van der Waals surface area contributed by atoms with Gasteiger partial charge in [0.05, 0.1) is 5.02 Å². The lowest BCUT2D eigenvalue weighted by atomic mass is 9.93. The van der Waals surface area contributed by atoms with E-state index in [2.05, 4.69) is 38.1 Å². The maximum atomic E-state index is 12.0. The molecular weight excluding hydrogens is 360 g/mol. The van der Waals surface area contributed by atoms with Crippen LogP contribution in [0.25, 0.3) is 5.82 Å². The van der Waals surface area contributed by atoms with Gasteiger partial charge in [0.1, 0.15) is 5.82 Å². The zero-order valence-corrected chi connectivity index (χ0v) is 16.4. The number of aromatic nitrogens is 2. The number of piperidine rings is 1. The number of carbonyl (C=O) groups is 1. The van der Waals surface area contributed by atoms with E-state index in [1.165, 1.54) is 18.5 Å². The molecule has 1 aliphatic carbocycles. The number of hydrogen-bond donors (Lipinski definition) is 1. The van der Waals surface area contributed by atoms with E-state index in [4.69, 9.17) is 11.6 Å². The third kappa shape index (κ3) is 5.11. The maximum Gasteiger partial charge on any atom is 0.220 e. The number of carbonyl (C=O) groups excluding carboxylic acids is 1. The summed E-state index contributed by atoms with van der Waals surface area (Å²) in [6.45, 7) is 3.09. The van der Waals surface area contributed by atoms with Crippen molar-refractivity contribution >= 4 is 17.5 Å². The average molecular weight is 387 g/mol. The summed E-state index contributed by atoms with van der Waals surface area (Å²) in [5.41, 5.74) is 1.23. The summed E-state index contributed by atoms with van der Waals surface area (Å²) >= 11 is 5.96. The number of nitrogens with one attached hydrogen (secondary N) is 1. The Bertz CT molecular complexity index is 769. The Hall–Kier alpha value is -1.85. The van der Waals surface area contributed by atoms with Crippen LogP contribution in [0.1, 0.15) is 44.2 Å². The van der Waals surface area contributed by atoms with E-state index < -0.39 is 0 Å². The molecule has 27 heavy (non-hydrogen) atoms. The Morgan fingerprint density at radius 1 is 1.26 bits per heavy atom. The Morgan fingerprint density at radius 3 is 2.93 bits per heavy atom. The molecule has 0 radical (unpaired) electrons. The van der Waals surface area contributed by atoms with Crippen LogP contribution in [-0.2, 0) is 11.3 Å². The third-order valence-electron chi connectivity index (χ3n) is 5.50. The molecule has 1 aliphatic heterocycles. The van der Waals surface area contributed by atoms with Crippen molar-refractivity contribution < 1.29 is 4.79 Å². The first-order valence-corrected chi connectivity index (χ1v) is 10.3. The summed E-state index contributed by atoms with van der Waals surface area (Å²) in [7, 11) is 0. The largest absolute Gasteiger partial charge is 0.353 e. The SMILES string of the molecule is O=C(CC[C@@H]1CCCN(Cc2cccn2-c2ccc(Cl)cn2)C1)NC1CC1. The van der Waals surface area contributed by atoms with Gasteiger partial charge in [-0.25, -0.2) is 4.98 Å². The van der Waals surface area contributed by atoms with Crippen LogP contribution in [0.5, 0.6) is 0 Å². The van der Waals surface area contributed by atoms with Gasteiger partial charge in [-0.2, -0.15) is 0 Å². The molecule has 1 saturated carbocycles. The Morgan fingerprint density at radius 2 is 2.15 bits per heavy atom. The fraction of sp³-hybridized carbons (Fsp3) is 0.524. The number of rotatable bonds is 7. The summed E-state index contributed by atoms with van der Waals surface area (Å²) in [4.78, 5) is 18.9. The number of nitrogens with zero attached hydrogens (tertiary/aromatic N) is 3. The van der Waals surface area contributed by atoms with E-state index in [-0.39, 0.29) is 5.91 Å². The zero-order valence-electron chi connectivity index (χ0n) is 15.6. The molecule has 0 bridgehead atoms. The van der Waals surface area contributed by atoms with Crippen LogP contribution in [0, 0.1) is 5.92 Å². The van der Waals surface area contributed by atoms with E-state index in [1.807, 2.05) is 12.1 Å². The van der Waals surface area contributed by atoms with Crippen molar-refractivity contribution in [3.05, 3.63) is 47.4 Å². The molecule has 2 fully saturated rings. The molecule has 3 heterocycles. The van der Waals surface area contributed by atoms with Crippen LogP contribution < -0.4 is 5.32 Å². The Kier molecular flexibility index (Phi) is 5.79. The number of pyridine rings is 1. The van der Waals surface area contributed by atoms with Gasteiger partial charge in [-0.15, -0.1) is 0 Å². The highest BCUT2D eigenvalue weighted by molar-refractivity contribution is 6.30. The number of amides is 1. The summed E-state index contributed by atoms with van der Waals surface area (Å²) < 4.78 is 2.13. The van der Waals surface area contributed by atoms with Crippen LogP contribution in [0.2, 0.25) is 5.02 Å². The lowest BCUT2D eigenvalue weighted by Crippen LogP contribution is -2.36. The third-order valence-corrected chi connectivity index (χ3v) is 5.73. The molecule has 0 unspecified atom stereocenters. The van der Waals surface area contributed by atoms with E-state index in [0.29, 0.717) is 23.4 Å². The minimum atomic E-state index is 0.234. The van der Waals surface area contributed by atoms with Crippen molar-refractivity contribution in [3.63, 3.8) is 0 Å². The molecule has 4 rings (SSSR count). The van der Waals surface area contributed by atoms with Crippen LogP contribution >= 0.6 is 11.6 Å². The van der Waals surface area contributed by atoms with Gasteiger partial charge in [0, 0.05) is 43.6 Å². The monoisotopic (exact) mass is 386 g/mol. The second kappa shape index (κ2) is 8.44. The van der Waals surface area contributed by atoms with Crippen molar-refractivity contribution in [1.82, 2.24) is 19.8 Å². The lowest BCUT2D eigenvalue weighted by Gasteiger charge is -2.32. The molecule has 0 spiro atoms. The highest BCUT2D eigenvalue weighted by Crippen LogP contribution is 2.24. The quantitative estimate of drug-likeness (QED) is 0.787. The highest BCUT2D eigenvalue weighted by atomic mass is 35.5. The van der Waals surface area contributed by atoms with Gasteiger partial charge in [-0.3, -0.25) is 9.69 Å². The predicted octanol–water partition coefficient (Wildman–Crippen LogP) is 3.80. The van der Waals surface area contributed by atoms with Gasteiger partial charge in [-0.1, -0.05) is 11.6 Å². The molecule has 6 heteroatoms. The zero-order chi connectivity index (χ0) is 18.6. The maximum absolute atomic E-state index is 12.0.